The molecule has 132 valence electrons. The molecule has 0 saturated carbocycles. The first-order chi connectivity index (χ1) is 12.1. The molecule has 2 aromatic rings. The van der Waals surface area contributed by atoms with E-state index in [9.17, 15) is 4.79 Å². The smallest absolute Gasteiger partial charge is 0.227 e. The average Bonchev–Trinajstić information content (AvgIpc) is 2.67. The van der Waals surface area contributed by atoms with E-state index in [0.717, 1.165) is 25.1 Å². The molecular formula is C22H28N2O. The van der Waals surface area contributed by atoms with Crippen LogP contribution < -0.4 is 5.73 Å². The summed E-state index contributed by atoms with van der Waals surface area (Å²) in [7, 11) is 0. The van der Waals surface area contributed by atoms with Crippen molar-refractivity contribution in [2.75, 3.05) is 13.1 Å². The molecule has 1 aliphatic heterocycles. The van der Waals surface area contributed by atoms with Crippen LogP contribution in [0.15, 0.2) is 60.7 Å². The van der Waals surface area contributed by atoms with Gasteiger partial charge in [0.25, 0.3) is 0 Å². The molecule has 25 heavy (non-hydrogen) atoms. The number of amides is 1. The zero-order valence-electron chi connectivity index (χ0n) is 15.1. The molecule has 1 heterocycles. The van der Waals surface area contributed by atoms with Gasteiger partial charge in [0.05, 0.1) is 5.92 Å². The van der Waals surface area contributed by atoms with Crippen LogP contribution in [-0.4, -0.2) is 23.9 Å². The zero-order valence-corrected chi connectivity index (χ0v) is 15.1. The standard InChI is InChI=1S/C22H28N2O/c1-16-15-24(14-13-20(16)18-9-5-3-6-10-18)22(25)17(2)21(23)19-11-7-4-8-12-19/h3-12,16-17,20-21H,13-15,23H2,1-2H3. The van der Waals surface area contributed by atoms with Crippen molar-refractivity contribution in [1.29, 1.82) is 0 Å². The average molecular weight is 336 g/mol. The fourth-order valence-corrected chi connectivity index (χ4v) is 3.95. The number of hydrogen-bond donors (Lipinski definition) is 1. The Labute approximate surface area is 150 Å². The van der Waals surface area contributed by atoms with E-state index in [4.69, 9.17) is 5.73 Å². The molecule has 4 atom stereocenters. The first-order valence-electron chi connectivity index (χ1n) is 9.22. The third kappa shape index (κ3) is 3.93. The van der Waals surface area contributed by atoms with E-state index in [0.29, 0.717) is 11.8 Å². The van der Waals surface area contributed by atoms with Crippen LogP contribution in [0, 0.1) is 11.8 Å². The maximum atomic E-state index is 12.9. The van der Waals surface area contributed by atoms with Crippen LogP contribution in [0.3, 0.4) is 0 Å². The Bertz CT molecular complexity index is 686. The lowest BCUT2D eigenvalue weighted by molar-refractivity contribution is -0.137. The maximum absolute atomic E-state index is 12.9. The molecule has 1 saturated heterocycles. The van der Waals surface area contributed by atoms with Gasteiger partial charge in [-0.3, -0.25) is 4.79 Å². The number of nitrogens with two attached hydrogens (primary N) is 1. The highest BCUT2D eigenvalue weighted by molar-refractivity contribution is 5.79. The molecule has 1 aliphatic rings. The normalized spacial score (nSPS) is 23.1. The lowest BCUT2D eigenvalue weighted by Gasteiger charge is -2.39. The van der Waals surface area contributed by atoms with E-state index < -0.39 is 0 Å². The van der Waals surface area contributed by atoms with Gasteiger partial charge in [0.15, 0.2) is 0 Å². The van der Waals surface area contributed by atoms with Crippen LogP contribution >= 0.6 is 0 Å². The Balaban J connectivity index is 1.64. The second kappa shape index (κ2) is 7.83. The zero-order chi connectivity index (χ0) is 17.8. The lowest BCUT2D eigenvalue weighted by Crippen LogP contribution is -2.46. The first kappa shape index (κ1) is 17.7. The Morgan fingerprint density at radius 1 is 1.08 bits per heavy atom. The summed E-state index contributed by atoms with van der Waals surface area (Å²) in [6, 6.07) is 20.3. The fourth-order valence-electron chi connectivity index (χ4n) is 3.95. The highest BCUT2D eigenvalue weighted by atomic mass is 16.2. The topological polar surface area (TPSA) is 46.3 Å². The van der Waals surface area contributed by atoms with Gasteiger partial charge in [0.1, 0.15) is 0 Å². The van der Waals surface area contributed by atoms with E-state index in [1.165, 1.54) is 5.56 Å². The predicted molar refractivity (Wildman–Crippen MR) is 102 cm³/mol. The quantitative estimate of drug-likeness (QED) is 0.918. The SMILES string of the molecule is CC1CN(C(=O)C(C)C(N)c2ccccc2)CCC1c1ccccc1. The molecule has 0 radical (unpaired) electrons. The molecule has 0 aliphatic carbocycles. The molecule has 1 fully saturated rings. The predicted octanol–water partition coefficient (Wildman–Crippen LogP) is 3.97. The number of carbonyl (C=O) groups is 1. The molecule has 3 heteroatoms. The summed E-state index contributed by atoms with van der Waals surface area (Å²) in [4.78, 5) is 15.0. The molecule has 2 N–H and O–H groups in total. The number of hydrogen-bond acceptors (Lipinski definition) is 2. The number of benzene rings is 2. The van der Waals surface area contributed by atoms with E-state index in [1.807, 2.05) is 42.2 Å². The summed E-state index contributed by atoms with van der Waals surface area (Å²) in [6.07, 6.45) is 1.02. The van der Waals surface area contributed by atoms with Crippen molar-refractivity contribution in [1.82, 2.24) is 4.90 Å². The third-order valence-corrected chi connectivity index (χ3v) is 5.56. The van der Waals surface area contributed by atoms with Crippen molar-refractivity contribution in [2.24, 2.45) is 17.6 Å². The molecule has 0 spiro atoms. The summed E-state index contributed by atoms with van der Waals surface area (Å²) in [5, 5.41) is 0. The summed E-state index contributed by atoms with van der Waals surface area (Å²) in [5.74, 6) is 0.959. The molecule has 3 rings (SSSR count). The fraction of sp³-hybridized carbons (Fsp3) is 0.409. The Kier molecular flexibility index (Phi) is 5.54. The number of likely N-dealkylation sites (tertiary alicyclic amines) is 1. The summed E-state index contributed by atoms with van der Waals surface area (Å²) in [5.41, 5.74) is 8.76. The molecular weight excluding hydrogens is 308 g/mol. The van der Waals surface area contributed by atoms with Crippen molar-refractivity contribution < 1.29 is 4.79 Å². The van der Waals surface area contributed by atoms with Crippen LogP contribution in [0.2, 0.25) is 0 Å². The number of carbonyl (C=O) groups excluding carboxylic acids is 1. The van der Waals surface area contributed by atoms with Crippen molar-refractivity contribution in [3.05, 3.63) is 71.8 Å². The summed E-state index contributed by atoms with van der Waals surface area (Å²) in [6.45, 7) is 5.83. The van der Waals surface area contributed by atoms with Crippen molar-refractivity contribution in [3.63, 3.8) is 0 Å². The second-order valence-electron chi connectivity index (χ2n) is 7.29. The highest BCUT2D eigenvalue weighted by Crippen LogP contribution is 2.33. The minimum Gasteiger partial charge on any atom is -0.342 e. The minimum absolute atomic E-state index is 0.176. The molecule has 0 bridgehead atoms. The maximum Gasteiger partial charge on any atom is 0.227 e. The lowest BCUT2D eigenvalue weighted by atomic mass is 9.81. The van der Waals surface area contributed by atoms with Crippen LogP contribution in [0.5, 0.6) is 0 Å². The van der Waals surface area contributed by atoms with Gasteiger partial charge < -0.3 is 10.6 Å². The Morgan fingerprint density at radius 3 is 2.28 bits per heavy atom. The van der Waals surface area contributed by atoms with Gasteiger partial charge in [0, 0.05) is 19.1 Å². The Morgan fingerprint density at radius 2 is 1.68 bits per heavy atom. The van der Waals surface area contributed by atoms with Gasteiger partial charge in [0.2, 0.25) is 5.91 Å². The van der Waals surface area contributed by atoms with E-state index in [-0.39, 0.29) is 17.9 Å². The highest BCUT2D eigenvalue weighted by Gasteiger charge is 2.33. The van der Waals surface area contributed by atoms with Gasteiger partial charge in [-0.2, -0.15) is 0 Å². The van der Waals surface area contributed by atoms with Crippen molar-refractivity contribution in [2.45, 2.75) is 32.2 Å². The molecule has 0 aromatic heterocycles. The molecule has 1 amide bonds. The van der Waals surface area contributed by atoms with Crippen LogP contribution in [-0.2, 0) is 4.79 Å². The van der Waals surface area contributed by atoms with E-state index in [2.05, 4.69) is 37.3 Å². The number of piperidine rings is 1. The van der Waals surface area contributed by atoms with Gasteiger partial charge in [-0.15, -0.1) is 0 Å². The Hall–Kier alpha value is -2.13. The molecule has 3 nitrogen and oxygen atoms in total. The monoisotopic (exact) mass is 336 g/mol. The van der Waals surface area contributed by atoms with Gasteiger partial charge in [-0.05, 0) is 29.4 Å². The van der Waals surface area contributed by atoms with Gasteiger partial charge in [-0.1, -0.05) is 74.5 Å². The van der Waals surface area contributed by atoms with Gasteiger partial charge in [-0.25, -0.2) is 0 Å². The van der Waals surface area contributed by atoms with E-state index in [1.54, 1.807) is 0 Å². The van der Waals surface area contributed by atoms with Crippen LogP contribution in [0.25, 0.3) is 0 Å². The third-order valence-electron chi connectivity index (χ3n) is 5.56. The van der Waals surface area contributed by atoms with Gasteiger partial charge >= 0.3 is 0 Å². The number of rotatable bonds is 4. The van der Waals surface area contributed by atoms with Crippen LogP contribution in [0.1, 0.15) is 43.4 Å². The molecule has 2 aromatic carbocycles. The summed E-state index contributed by atoms with van der Waals surface area (Å²) < 4.78 is 0. The largest absolute Gasteiger partial charge is 0.342 e. The van der Waals surface area contributed by atoms with Crippen molar-refractivity contribution >= 4 is 5.91 Å². The van der Waals surface area contributed by atoms with Crippen molar-refractivity contribution in [3.8, 4) is 0 Å². The minimum atomic E-state index is -0.254. The van der Waals surface area contributed by atoms with Crippen LogP contribution in [0.4, 0.5) is 0 Å². The first-order valence-corrected chi connectivity index (χ1v) is 9.22. The van der Waals surface area contributed by atoms with E-state index >= 15 is 0 Å². The second-order valence-corrected chi connectivity index (χ2v) is 7.29. The summed E-state index contributed by atoms with van der Waals surface area (Å²) >= 11 is 0. The molecule has 4 unspecified atom stereocenters. The number of nitrogens with zero attached hydrogens (tertiary/aromatic N) is 1.